The van der Waals surface area contributed by atoms with Crippen molar-refractivity contribution < 1.29 is 4.79 Å². The highest BCUT2D eigenvalue weighted by Crippen LogP contribution is 2.24. The summed E-state index contributed by atoms with van der Waals surface area (Å²) in [5.74, 6) is 0.138. The number of nitrogens with zero attached hydrogens (tertiary/aromatic N) is 5. The Balaban J connectivity index is 1.45. The molecule has 1 amide bonds. The molecule has 2 aromatic heterocycles. The summed E-state index contributed by atoms with van der Waals surface area (Å²) >= 11 is 0. The van der Waals surface area contributed by atoms with Gasteiger partial charge in [0.05, 0.1) is 24.1 Å². The molecular formula is C18H23N5O. The lowest BCUT2D eigenvalue weighted by Crippen LogP contribution is -2.50. The molecular weight excluding hydrogens is 302 g/mol. The minimum absolute atomic E-state index is 0.138. The lowest BCUT2D eigenvalue weighted by Gasteiger charge is -2.34. The maximum Gasteiger partial charge on any atom is 0.241 e. The zero-order valence-corrected chi connectivity index (χ0v) is 14.1. The molecule has 126 valence electrons. The second kappa shape index (κ2) is 6.36. The van der Waals surface area contributed by atoms with E-state index in [0.717, 1.165) is 30.9 Å². The first-order chi connectivity index (χ1) is 11.7. The average Bonchev–Trinajstić information content (AvgIpc) is 3.01. The molecule has 2 aliphatic rings. The highest BCUT2D eigenvalue weighted by Gasteiger charge is 2.27. The molecule has 0 atom stereocenters. The fourth-order valence-electron chi connectivity index (χ4n) is 3.76. The van der Waals surface area contributed by atoms with E-state index in [1.165, 1.54) is 30.4 Å². The second-order valence-electron chi connectivity index (χ2n) is 6.73. The van der Waals surface area contributed by atoms with Crippen LogP contribution in [0.1, 0.15) is 29.7 Å². The third kappa shape index (κ3) is 2.94. The van der Waals surface area contributed by atoms with Crippen LogP contribution in [0.5, 0.6) is 0 Å². The fourth-order valence-corrected chi connectivity index (χ4v) is 3.76. The van der Waals surface area contributed by atoms with Crippen LogP contribution in [0, 0.1) is 0 Å². The molecule has 1 saturated heterocycles. The van der Waals surface area contributed by atoms with Gasteiger partial charge in [0.15, 0.2) is 0 Å². The van der Waals surface area contributed by atoms with Gasteiger partial charge in [0, 0.05) is 39.1 Å². The predicted molar refractivity (Wildman–Crippen MR) is 91.7 cm³/mol. The van der Waals surface area contributed by atoms with Gasteiger partial charge in [-0.1, -0.05) is 0 Å². The maximum absolute atomic E-state index is 12.5. The monoisotopic (exact) mass is 325 g/mol. The minimum atomic E-state index is 0.138. The molecule has 0 radical (unpaired) electrons. The van der Waals surface area contributed by atoms with Gasteiger partial charge in [-0.25, -0.2) is 0 Å². The Bertz CT molecular complexity index is 754. The molecule has 4 rings (SSSR count). The smallest absolute Gasteiger partial charge is 0.241 e. The number of hydrogen-bond donors (Lipinski definition) is 0. The van der Waals surface area contributed by atoms with Crippen molar-refractivity contribution in [2.75, 3.05) is 24.5 Å². The number of fused-ring (bicyclic) bond motifs is 1. The first-order valence-electron chi connectivity index (χ1n) is 8.68. The molecule has 6 nitrogen and oxygen atoms in total. The summed E-state index contributed by atoms with van der Waals surface area (Å²) in [5, 5.41) is 4.16. The summed E-state index contributed by atoms with van der Waals surface area (Å²) in [6.45, 7) is 2.79. The first kappa shape index (κ1) is 15.3. The topological polar surface area (TPSA) is 54.3 Å². The Hall–Kier alpha value is -2.21. The van der Waals surface area contributed by atoms with Gasteiger partial charge >= 0.3 is 0 Å². The normalized spacial score (nSPS) is 18.7. The largest absolute Gasteiger partial charge is 0.307 e. The fraction of sp³-hybridized carbons (Fsp3) is 0.500. The lowest BCUT2D eigenvalue weighted by molar-refractivity contribution is -0.121. The Labute approximate surface area is 142 Å². The molecule has 0 unspecified atom stereocenters. The van der Waals surface area contributed by atoms with E-state index in [1.54, 1.807) is 10.9 Å². The van der Waals surface area contributed by atoms with E-state index in [-0.39, 0.29) is 5.91 Å². The van der Waals surface area contributed by atoms with E-state index in [2.05, 4.69) is 21.0 Å². The SMILES string of the molecule is Cn1cc(N2CCN(Cc3nccc4c3CCCC4)CC2=O)cn1. The molecule has 3 heterocycles. The molecule has 1 aliphatic carbocycles. The number of aromatic nitrogens is 3. The number of pyridine rings is 1. The second-order valence-corrected chi connectivity index (χ2v) is 6.73. The molecule has 6 heteroatoms. The Morgan fingerprint density at radius 1 is 1.21 bits per heavy atom. The average molecular weight is 325 g/mol. The maximum atomic E-state index is 12.5. The number of piperazine rings is 1. The van der Waals surface area contributed by atoms with Crippen LogP contribution < -0.4 is 4.90 Å². The van der Waals surface area contributed by atoms with E-state index in [1.807, 2.05) is 24.3 Å². The number of anilines is 1. The van der Waals surface area contributed by atoms with Crippen LogP contribution in [-0.2, 0) is 31.2 Å². The van der Waals surface area contributed by atoms with E-state index >= 15 is 0 Å². The van der Waals surface area contributed by atoms with E-state index < -0.39 is 0 Å². The number of hydrogen-bond acceptors (Lipinski definition) is 4. The van der Waals surface area contributed by atoms with Gasteiger partial charge in [0.25, 0.3) is 0 Å². The van der Waals surface area contributed by atoms with Gasteiger partial charge in [-0.15, -0.1) is 0 Å². The van der Waals surface area contributed by atoms with Gasteiger partial charge in [-0.3, -0.25) is 19.4 Å². The van der Waals surface area contributed by atoms with Crippen LogP contribution in [0.15, 0.2) is 24.7 Å². The van der Waals surface area contributed by atoms with Crippen molar-refractivity contribution in [3.8, 4) is 0 Å². The van der Waals surface area contributed by atoms with Gasteiger partial charge < -0.3 is 4.90 Å². The Kier molecular flexibility index (Phi) is 4.06. The van der Waals surface area contributed by atoms with Gasteiger partial charge in [-0.05, 0) is 42.9 Å². The molecule has 1 fully saturated rings. The van der Waals surface area contributed by atoms with Crippen molar-refractivity contribution in [1.29, 1.82) is 0 Å². The molecule has 0 saturated carbocycles. The lowest BCUT2D eigenvalue weighted by atomic mass is 9.91. The Morgan fingerprint density at radius 3 is 2.88 bits per heavy atom. The summed E-state index contributed by atoms with van der Waals surface area (Å²) in [4.78, 5) is 21.2. The van der Waals surface area contributed by atoms with E-state index in [0.29, 0.717) is 13.1 Å². The summed E-state index contributed by atoms with van der Waals surface area (Å²) in [7, 11) is 1.87. The molecule has 24 heavy (non-hydrogen) atoms. The summed E-state index contributed by atoms with van der Waals surface area (Å²) in [6.07, 6.45) is 10.4. The standard InChI is InChI=1S/C18H23N5O/c1-21-11-15(10-20-21)23-9-8-22(13-18(23)24)12-17-16-5-3-2-4-14(16)6-7-19-17/h6-7,10-11H,2-5,8-9,12-13H2,1H3. The number of rotatable bonds is 3. The molecule has 0 bridgehead atoms. The van der Waals surface area contributed by atoms with Crippen molar-refractivity contribution >= 4 is 11.6 Å². The molecule has 0 spiro atoms. The van der Waals surface area contributed by atoms with Crippen LogP contribution in [0.3, 0.4) is 0 Å². The van der Waals surface area contributed by atoms with Crippen molar-refractivity contribution in [2.24, 2.45) is 7.05 Å². The van der Waals surface area contributed by atoms with Crippen molar-refractivity contribution in [3.63, 3.8) is 0 Å². The number of aryl methyl sites for hydroxylation is 2. The number of amides is 1. The van der Waals surface area contributed by atoms with Crippen LogP contribution in [0.2, 0.25) is 0 Å². The summed E-state index contributed by atoms with van der Waals surface area (Å²) in [6, 6.07) is 2.16. The summed E-state index contributed by atoms with van der Waals surface area (Å²) < 4.78 is 1.73. The molecule has 1 aliphatic heterocycles. The van der Waals surface area contributed by atoms with Gasteiger partial charge in [0.1, 0.15) is 0 Å². The van der Waals surface area contributed by atoms with E-state index in [4.69, 9.17) is 0 Å². The van der Waals surface area contributed by atoms with Crippen LogP contribution in [-0.4, -0.2) is 45.2 Å². The molecule has 0 aromatic carbocycles. The van der Waals surface area contributed by atoms with Crippen molar-refractivity contribution in [2.45, 2.75) is 32.2 Å². The number of carbonyl (C=O) groups excluding carboxylic acids is 1. The minimum Gasteiger partial charge on any atom is -0.307 e. The predicted octanol–water partition coefficient (Wildman–Crippen LogP) is 1.54. The first-order valence-corrected chi connectivity index (χ1v) is 8.68. The Morgan fingerprint density at radius 2 is 2.08 bits per heavy atom. The zero-order valence-electron chi connectivity index (χ0n) is 14.1. The van der Waals surface area contributed by atoms with Crippen LogP contribution >= 0.6 is 0 Å². The third-order valence-electron chi connectivity index (χ3n) is 5.04. The molecule has 0 N–H and O–H groups in total. The van der Waals surface area contributed by atoms with E-state index in [9.17, 15) is 4.79 Å². The van der Waals surface area contributed by atoms with Crippen molar-refractivity contribution in [3.05, 3.63) is 41.5 Å². The summed E-state index contributed by atoms with van der Waals surface area (Å²) in [5.41, 5.74) is 4.92. The zero-order chi connectivity index (χ0) is 16.5. The third-order valence-corrected chi connectivity index (χ3v) is 5.04. The number of carbonyl (C=O) groups is 1. The van der Waals surface area contributed by atoms with Crippen LogP contribution in [0.25, 0.3) is 0 Å². The van der Waals surface area contributed by atoms with Gasteiger partial charge in [-0.2, -0.15) is 5.10 Å². The quantitative estimate of drug-likeness (QED) is 0.859. The van der Waals surface area contributed by atoms with Gasteiger partial charge in [0.2, 0.25) is 5.91 Å². The highest BCUT2D eigenvalue weighted by atomic mass is 16.2. The molecule has 2 aromatic rings. The van der Waals surface area contributed by atoms with Crippen molar-refractivity contribution in [1.82, 2.24) is 19.7 Å². The highest BCUT2D eigenvalue weighted by molar-refractivity contribution is 5.95. The van der Waals surface area contributed by atoms with Crippen LogP contribution in [0.4, 0.5) is 5.69 Å².